The summed E-state index contributed by atoms with van der Waals surface area (Å²) in [6, 6.07) is 95.4. The number of rotatable bonds is 4. The summed E-state index contributed by atoms with van der Waals surface area (Å²) >= 11 is 1.90. The van der Waals surface area contributed by atoms with Gasteiger partial charge in [-0.3, -0.25) is 0 Å². The number of benzene rings is 11. The predicted octanol–water partition coefficient (Wildman–Crippen LogP) is 18.7. The second-order valence-corrected chi connectivity index (χ2v) is 19.8. The fourth-order valence-electron chi connectivity index (χ4n) is 12.4. The van der Waals surface area contributed by atoms with Crippen LogP contribution < -0.4 is 9.80 Å². The topological polar surface area (TPSA) is 6.48 Å². The summed E-state index contributed by atoms with van der Waals surface area (Å²) in [4.78, 5) is 5.01. The molecule has 1 atom stereocenters. The lowest BCUT2D eigenvalue weighted by Gasteiger charge is -2.37. The molecule has 70 heavy (non-hydrogen) atoms. The van der Waals surface area contributed by atoms with Crippen molar-refractivity contribution in [2.24, 2.45) is 0 Å². The highest BCUT2D eigenvalue weighted by Gasteiger charge is 2.50. The van der Waals surface area contributed by atoms with E-state index < -0.39 is 5.41 Å². The van der Waals surface area contributed by atoms with Gasteiger partial charge in [0.15, 0.2) is 0 Å². The van der Waals surface area contributed by atoms with Crippen molar-refractivity contribution in [1.29, 1.82) is 0 Å². The van der Waals surface area contributed by atoms with Crippen LogP contribution in [0.3, 0.4) is 0 Å². The maximum atomic E-state index is 2.55. The number of nitrogens with zero attached hydrogens (tertiary/aromatic N) is 2. The first-order valence-electron chi connectivity index (χ1n) is 24.2. The Morgan fingerprint density at radius 1 is 0.314 bits per heavy atom. The minimum Gasteiger partial charge on any atom is -0.308 e. The molecule has 1 aromatic heterocycles. The summed E-state index contributed by atoms with van der Waals surface area (Å²) in [7, 11) is 0. The molecule has 326 valence electrons. The van der Waals surface area contributed by atoms with Gasteiger partial charge < -0.3 is 9.80 Å². The number of anilines is 6. The molecule has 0 saturated heterocycles. The SMILES string of the molecule is c1ccc(N(c2ccc3c(c2)C2(c4ccccc4-c4ccccc4-3)c3ccccc3-c3cc4c(cc32)sc2ccccc24)c2cccc3c2N(c2ccccc2)c2ccccc2-c2ccccc2-3)cc1. The molecule has 0 radical (unpaired) electrons. The zero-order valence-corrected chi connectivity index (χ0v) is 38.9. The molecule has 3 heteroatoms. The highest BCUT2D eigenvalue weighted by atomic mass is 32.1. The molecule has 12 aromatic rings. The highest BCUT2D eigenvalue weighted by molar-refractivity contribution is 7.25. The molecule has 0 fully saturated rings. The molecule has 1 spiro atoms. The van der Waals surface area contributed by atoms with Crippen LogP contribution in [0.4, 0.5) is 34.1 Å². The van der Waals surface area contributed by atoms with Crippen molar-refractivity contribution >= 4 is 65.6 Å². The van der Waals surface area contributed by atoms with Gasteiger partial charge in [0.25, 0.3) is 0 Å². The lowest BCUT2D eigenvalue weighted by atomic mass is 9.65. The van der Waals surface area contributed by atoms with Crippen molar-refractivity contribution < 1.29 is 0 Å². The van der Waals surface area contributed by atoms with Crippen LogP contribution in [0.5, 0.6) is 0 Å². The molecular formula is C67H42N2S. The van der Waals surface area contributed by atoms with E-state index in [2.05, 4.69) is 265 Å². The Hall–Kier alpha value is -8.76. The predicted molar refractivity (Wildman–Crippen MR) is 295 cm³/mol. The Morgan fingerprint density at radius 3 is 1.57 bits per heavy atom. The van der Waals surface area contributed by atoms with Crippen molar-refractivity contribution in [2.45, 2.75) is 5.41 Å². The Balaban J connectivity index is 1.07. The Kier molecular flexibility index (Phi) is 8.48. The van der Waals surface area contributed by atoms with Crippen molar-refractivity contribution in [3.8, 4) is 55.6 Å². The lowest BCUT2D eigenvalue weighted by molar-refractivity contribution is 0.776. The zero-order chi connectivity index (χ0) is 45.9. The standard InChI is InChI=1S/C67H42N2S/c1-3-20-43(21-4-1)68(63-36-19-32-55-49-27-10-9-26-48(49)53-30-13-17-35-62(53)69(66(55)63)44-22-5-2-6-23-44)45-38-39-52-47-25-8-7-24-46(47)50-28-11-15-33-58(50)67(60(52)40-45)59-34-16-12-29-51(59)56-41-57-54-31-14-18-37-64(54)70-65(57)42-61(56)67/h1-42H. The summed E-state index contributed by atoms with van der Waals surface area (Å²) in [6.07, 6.45) is 0. The maximum absolute atomic E-state index is 2.55. The van der Waals surface area contributed by atoms with E-state index in [-0.39, 0.29) is 0 Å². The van der Waals surface area contributed by atoms with Gasteiger partial charge in [-0.1, -0.05) is 188 Å². The Morgan fingerprint density at radius 2 is 0.843 bits per heavy atom. The van der Waals surface area contributed by atoms with Gasteiger partial charge in [0.2, 0.25) is 0 Å². The molecule has 11 aromatic carbocycles. The maximum Gasteiger partial charge on any atom is 0.0781 e. The van der Waals surface area contributed by atoms with Crippen LogP contribution in [0.15, 0.2) is 255 Å². The third-order valence-corrected chi connectivity index (χ3v) is 16.3. The van der Waals surface area contributed by atoms with Gasteiger partial charge in [0.1, 0.15) is 0 Å². The van der Waals surface area contributed by atoms with Crippen LogP contribution in [0.2, 0.25) is 0 Å². The normalized spacial score (nSPS) is 14.6. The Labute approximate surface area is 411 Å². The molecule has 15 rings (SSSR count). The quantitative estimate of drug-likeness (QED) is 0.174. The van der Waals surface area contributed by atoms with E-state index in [4.69, 9.17) is 0 Å². The zero-order valence-electron chi connectivity index (χ0n) is 38.1. The second-order valence-electron chi connectivity index (χ2n) is 18.7. The van der Waals surface area contributed by atoms with Crippen LogP contribution in [0, 0.1) is 0 Å². The largest absolute Gasteiger partial charge is 0.308 e. The molecule has 0 bridgehead atoms. The fraction of sp³-hybridized carbons (Fsp3) is 0.0149. The van der Waals surface area contributed by atoms with E-state index in [1.165, 1.54) is 98.1 Å². The molecule has 2 heterocycles. The van der Waals surface area contributed by atoms with Crippen molar-refractivity contribution in [1.82, 2.24) is 0 Å². The first kappa shape index (κ1) is 39.3. The molecule has 1 unspecified atom stereocenters. The molecule has 0 N–H and O–H groups in total. The van der Waals surface area contributed by atoms with Crippen molar-refractivity contribution in [2.75, 3.05) is 9.80 Å². The van der Waals surface area contributed by atoms with Gasteiger partial charge in [0.05, 0.1) is 22.5 Å². The molecule has 1 aliphatic heterocycles. The van der Waals surface area contributed by atoms with Gasteiger partial charge in [-0.2, -0.15) is 0 Å². The molecular weight excluding hydrogens is 865 g/mol. The number of para-hydroxylation sites is 4. The number of thiophene rings is 1. The number of fused-ring (bicyclic) bond motifs is 20. The first-order valence-corrected chi connectivity index (χ1v) is 25.0. The van der Waals surface area contributed by atoms with Crippen LogP contribution in [0.1, 0.15) is 22.3 Å². The summed E-state index contributed by atoms with van der Waals surface area (Å²) in [5.74, 6) is 0. The highest BCUT2D eigenvalue weighted by Crippen LogP contribution is 2.64. The molecule has 2 nitrogen and oxygen atoms in total. The fourth-order valence-corrected chi connectivity index (χ4v) is 13.5. The minimum absolute atomic E-state index is 0.666. The first-order chi connectivity index (χ1) is 34.8. The monoisotopic (exact) mass is 906 g/mol. The number of hydrogen-bond acceptors (Lipinski definition) is 3. The van der Waals surface area contributed by atoms with E-state index in [9.17, 15) is 0 Å². The molecule has 0 amide bonds. The minimum atomic E-state index is -0.666. The van der Waals surface area contributed by atoms with Crippen LogP contribution in [0.25, 0.3) is 75.8 Å². The van der Waals surface area contributed by atoms with E-state index >= 15 is 0 Å². The van der Waals surface area contributed by atoms with E-state index in [1.807, 2.05) is 11.3 Å². The smallest absolute Gasteiger partial charge is 0.0781 e. The lowest BCUT2D eigenvalue weighted by Crippen LogP contribution is -2.29. The van der Waals surface area contributed by atoms with Gasteiger partial charge in [-0.05, 0) is 133 Å². The number of hydrogen-bond donors (Lipinski definition) is 0. The van der Waals surface area contributed by atoms with Gasteiger partial charge in [-0.25, -0.2) is 0 Å². The molecule has 2 aliphatic carbocycles. The van der Waals surface area contributed by atoms with E-state index in [0.717, 1.165) is 34.1 Å². The van der Waals surface area contributed by atoms with Gasteiger partial charge in [0, 0.05) is 48.4 Å². The Bertz CT molecular complexity index is 4090. The summed E-state index contributed by atoms with van der Waals surface area (Å²) in [5, 5.41) is 2.63. The van der Waals surface area contributed by atoms with Crippen LogP contribution >= 0.6 is 11.3 Å². The average molecular weight is 907 g/mol. The third-order valence-electron chi connectivity index (χ3n) is 15.2. The summed E-state index contributed by atoms with van der Waals surface area (Å²) < 4.78 is 2.62. The van der Waals surface area contributed by atoms with Crippen molar-refractivity contribution in [3.05, 3.63) is 277 Å². The van der Waals surface area contributed by atoms with Crippen LogP contribution in [-0.4, -0.2) is 0 Å². The summed E-state index contributed by atoms with van der Waals surface area (Å²) in [6.45, 7) is 0. The third kappa shape index (κ3) is 5.44. The average Bonchev–Trinajstić information content (AvgIpc) is 3.86. The van der Waals surface area contributed by atoms with Crippen molar-refractivity contribution in [3.63, 3.8) is 0 Å². The molecule has 3 aliphatic rings. The summed E-state index contributed by atoms with van der Waals surface area (Å²) in [5.41, 5.74) is 23.5. The van der Waals surface area contributed by atoms with Gasteiger partial charge >= 0.3 is 0 Å². The van der Waals surface area contributed by atoms with E-state index in [1.54, 1.807) is 0 Å². The van der Waals surface area contributed by atoms with Gasteiger partial charge in [-0.15, -0.1) is 11.3 Å². The van der Waals surface area contributed by atoms with Crippen LogP contribution in [-0.2, 0) is 5.41 Å². The van der Waals surface area contributed by atoms with E-state index in [0.29, 0.717) is 0 Å². The second kappa shape index (κ2) is 15.1. The molecule has 0 saturated carbocycles.